The number of hydrogen-bond acceptors (Lipinski definition) is 3. The normalized spacial score (nSPS) is 17.1. The Kier molecular flexibility index (Phi) is 3.86. The Balaban J connectivity index is 1.90. The minimum Gasteiger partial charge on any atom is -0.480 e. The van der Waals surface area contributed by atoms with Crippen LogP contribution in [0, 0.1) is 0 Å². The van der Waals surface area contributed by atoms with Crippen molar-refractivity contribution in [3.8, 4) is 0 Å². The number of nitrogens with zero attached hydrogens (tertiary/aromatic N) is 2. The maximum absolute atomic E-state index is 10.6. The molecule has 0 spiro atoms. The lowest BCUT2D eigenvalue weighted by molar-refractivity contribution is -0.138. The number of hydrogen-bond donors (Lipinski definition) is 1. The minimum atomic E-state index is -0.759. The van der Waals surface area contributed by atoms with E-state index in [1.165, 1.54) is 0 Å². The van der Waals surface area contributed by atoms with Crippen molar-refractivity contribution in [1.82, 2.24) is 4.90 Å². The molecule has 0 radical (unpaired) electrons. The molecule has 1 aliphatic heterocycles. The summed E-state index contributed by atoms with van der Waals surface area (Å²) in [5.74, 6) is -0.759. The van der Waals surface area contributed by atoms with Gasteiger partial charge in [0.05, 0.1) is 6.54 Å². The fourth-order valence-corrected chi connectivity index (χ4v) is 2.13. The van der Waals surface area contributed by atoms with Gasteiger partial charge in [-0.3, -0.25) is 9.69 Å². The molecule has 1 aromatic rings. The second kappa shape index (κ2) is 5.38. The molecule has 0 saturated carbocycles. The fourth-order valence-electron chi connectivity index (χ4n) is 2.01. The highest BCUT2D eigenvalue weighted by molar-refractivity contribution is 6.30. The van der Waals surface area contributed by atoms with Crippen LogP contribution in [0.1, 0.15) is 0 Å². The zero-order valence-electron chi connectivity index (χ0n) is 9.47. The Hall–Kier alpha value is -1.26. The summed E-state index contributed by atoms with van der Waals surface area (Å²) in [5.41, 5.74) is 1.14. The molecule has 4 nitrogen and oxygen atoms in total. The molecule has 2 rings (SSSR count). The summed E-state index contributed by atoms with van der Waals surface area (Å²) < 4.78 is 0. The van der Waals surface area contributed by atoms with Gasteiger partial charge in [-0.05, 0) is 24.3 Å². The number of rotatable bonds is 3. The Bertz CT molecular complexity index is 386. The smallest absolute Gasteiger partial charge is 0.317 e. The van der Waals surface area contributed by atoms with Crippen molar-refractivity contribution in [3.05, 3.63) is 29.3 Å². The molecule has 0 aliphatic carbocycles. The van der Waals surface area contributed by atoms with Gasteiger partial charge in [-0.1, -0.05) is 11.6 Å². The molecular formula is C12H15ClN2O2. The molecule has 1 fully saturated rings. The molecular weight excluding hydrogens is 240 g/mol. The third kappa shape index (κ3) is 3.35. The van der Waals surface area contributed by atoms with Crippen LogP contribution in [0.15, 0.2) is 24.3 Å². The minimum absolute atomic E-state index is 0.133. The van der Waals surface area contributed by atoms with Crippen molar-refractivity contribution in [3.63, 3.8) is 0 Å². The summed E-state index contributed by atoms with van der Waals surface area (Å²) in [6.45, 7) is 3.42. The monoisotopic (exact) mass is 254 g/mol. The molecule has 1 aromatic carbocycles. The van der Waals surface area contributed by atoms with Crippen LogP contribution in [0.5, 0.6) is 0 Å². The average molecular weight is 255 g/mol. The molecule has 0 unspecified atom stereocenters. The summed E-state index contributed by atoms with van der Waals surface area (Å²) in [4.78, 5) is 14.8. The summed E-state index contributed by atoms with van der Waals surface area (Å²) >= 11 is 5.84. The van der Waals surface area contributed by atoms with Crippen molar-refractivity contribution in [1.29, 1.82) is 0 Å². The van der Waals surface area contributed by atoms with Crippen molar-refractivity contribution in [2.24, 2.45) is 0 Å². The van der Waals surface area contributed by atoms with Crippen LogP contribution in [-0.2, 0) is 4.79 Å². The topological polar surface area (TPSA) is 43.8 Å². The molecule has 1 aliphatic rings. The summed E-state index contributed by atoms with van der Waals surface area (Å²) in [6.07, 6.45) is 0. The van der Waals surface area contributed by atoms with Gasteiger partial charge in [0.15, 0.2) is 0 Å². The van der Waals surface area contributed by atoms with Crippen molar-refractivity contribution >= 4 is 23.3 Å². The van der Waals surface area contributed by atoms with Gasteiger partial charge in [0.25, 0.3) is 0 Å². The third-order valence-electron chi connectivity index (χ3n) is 2.92. The zero-order chi connectivity index (χ0) is 12.3. The first-order valence-corrected chi connectivity index (χ1v) is 5.97. The van der Waals surface area contributed by atoms with Crippen LogP contribution >= 0.6 is 11.6 Å². The van der Waals surface area contributed by atoms with E-state index in [0.717, 1.165) is 36.9 Å². The molecule has 0 amide bonds. The van der Waals surface area contributed by atoms with E-state index in [2.05, 4.69) is 4.90 Å². The SMILES string of the molecule is O=C(O)CN1CCN(c2ccc(Cl)cc2)CC1. The van der Waals surface area contributed by atoms with Gasteiger partial charge in [0, 0.05) is 36.9 Å². The first-order chi connectivity index (χ1) is 8.15. The third-order valence-corrected chi connectivity index (χ3v) is 3.17. The van der Waals surface area contributed by atoms with Gasteiger partial charge in [-0.25, -0.2) is 0 Å². The lowest BCUT2D eigenvalue weighted by Crippen LogP contribution is -2.47. The Labute approximate surface area is 105 Å². The first kappa shape index (κ1) is 12.2. The summed E-state index contributed by atoms with van der Waals surface area (Å²) in [7, 11) is 0. The van der Waals surface area contributed by atoms with E-state index in [1.54, 1.807) is 0 Å². The highest BCUT2D eigenvalue weighted by atomic mass is 35.5. The maximum Gasteiger partial charge on any atom is 0.317 e. The highest BCUT2D eigenvalue weighted by Crippen LogP contribution is 2.19. The molecule has 0 atom stereocenters. The predicted molar refractivity (Wildman–Crippen MR) is 67.7 cm³/mol. The van der Waals surface area contributed by atoms with Crippen LogP contribution in [0.25, 0.3) is 0 Å². The van der Waals surface area contributed by atoms with E-state index in [1.807, 2.05) is 29.2 Å². The van der Waals surface area contributed by atoms with Crippen LogP contribution in [-0.4, -0.2) is 48.7 Å². The number of aliphatic carboxylic acids is 1. The molecule has 0 aromatic heterocycles. The lowest BCUT2D eigenvalue weighted by Gasteiger charge is -2.35. The van der Waals surface area contributed by atoms with Crippen molar-refractivity contribution in [2.45, 2.75) is 0 Å². The summed E-state index contributed by atoms with van der Waals surface area (Å²) in [6, 6.07) is 7.74. The maximum atomic E-state index is 10.6. The number of piperazine rings is 1. The second-order valence-electron chi connectivity index (χ2n) is 4.13. The fraction of sp³-hybridized carbons (Fsp3) is 0.417. The number of halogens is 1. The number of benzene rings is 1. The van der Waals surface area contributed by atoms with Gasteiger partial charge in [-0.15, -0.1) is 0 Å². The second-order valence-corrected chi connectivity index (χ2v) is 4.57. The standard InChI is InChI=1S/C12H15ClN2O2/c13-10-1-3-11(4-2-10)15-7-5-14(6-8-15)9-12(16)17/h1-4H,5-9H2,(H,16,17). The van der Waals surface area contributed by atoms with Crippen molar-refractivity contribution in [2.75, 3.05) is 37.6 Å². The van der Waals surface area contributed by atoms with Gasteiger partial charge >= 0.3 is 5.97 Å². The molecule has 0 bridgehead atoms. The van der Waals surface area contributed by atoms with E-state index in [4.69, 9.17) is 16.7 Å². The Morgan fingerprint density at radius 3 is 2.29 bits per heavy atom. The summed E-state index contributed by atoms with van der Waals surface area (Å²) in [5, 5.41) is 9.44. The van der Waals surface area contributed by atoms with Crippen LogP contribution in [0.3, 0.4) is 0 Å². The van der Waals surface area contributed by atoms with Crippen LogP contribution in [0.4, 0.5) is 5.69 Å². The van der Waals surface area contributed by atoms with E-state index in [9.17, 15) is 4.79 Å². The molecule has 17 heavy (non-hydrogen) atoms. The lowest BCUT2D eigenvalue weighted by atomic mass is 10.2. The number of carboxylic acid groups (broad SMARTS) is 1. The Morgan fingerprint density at radius 1 is 1.18 bits per heavy atom. The molecule has 1 heterocycles. The van der Waals surface area contributed by atoms with E-state index < -0.39 is 5.97 Å². The van der Waals surface area contributed by atoms with Gasteiger partial charge in [0.1, 0.15) is 0 Å². The predicted octanol–water partition coefficient (Wildman–Crippen LogP) is 1.55. The highest BCUT2D eigenvalue weighted by Gasteiger charge is 2.18. The Morgan fingerprint density at radius 2 is 1.76 bits per heavy atom. The van der Waals surface area contributed by atoms with Crippen molar-refractivity contribution < 1.29 is 9.90 Å². The molecule has 1 saturated heterocycles. The van der Waals surface area contributed by atoms with E-state index in [0.29, 0.717) is 0 Å². The average Bonchev–Trinajstić information content (AvgIpc) is 2.30. The largest absolute Gasteiger partial charge is 0.480 e. The molecule has 1 N–H and O–H groups in total. The number of anilines is 1. The van der Waals surface area contributed by atoms with Crippen LogP contribution in [0.2, 0.25) is 5.02 Å². The van der Waals surface area contributed by atoms with Gasteiger partial charge in [0.2, 0.25) is 0 Å². The molecule has 92 valence electrons. The van der Waals surface area contributed by atoms with E-state index >= 15 is 0 Å². The number of carbonyl (C=O) groups is 1. The molecule has 5 heteroatoms. The van der Waals surface area contributed by atoms with E-state index in [-0.39, 0.29) is 6.54 Å². The zero-order valence-corrected chi connectivity index (χ0v) is 10.2. The van der Waals surface area contributed by atoms with Gasteiger partial charge in [-0.2, -0.15) is 0 Å². The first-order valence-electron chi connectivity index (χ1n) is 5.60. The van der Waals surface area contributed by atoms with Gasteiger partial charge < -0.3 is 10.0 Å². The quantitative estimate of drug-likeness (QED) is 0.889. The number of carboxylic acids is 1. The van der Waals surface area contributed by atoms with Crippen LogP contribution < -0.4 is 4.90 Å².